The Bertz CT molecular complexity index is 1240. The van der Waals surface area contributed by atoms with E-state index in [-0.39, 0.29) is 0 Å². The standard InChI is InChI=1S/C21H19Cl2N3O2S/c22-14-1-2-19-16(9-14)13(12-29-19)3-4-25-5-7-26(8-6-25)18-11-15(23)10-17-20(18)28-21(27)24-17/h1-2,9-12H,3-8H2,(H,24,27). The number of aromatic nitrogens is 1. The van der Waals surface area contributed by atoms with Gasteiger partial charge in [-0.05, 0) is 53.1 Å². The van der Waals surface area contributed by atoms with Crippen LogP contribution in [-0.2, 0) is 6.42 Å². The summed E-state index contributed by atoms with van der Waals surface area (Å²) in [6.07, 6.45) is 1.01. The number of oxazole rings is 1. The largest absolute Gasteiger partial charge is 0.417 e. The van der Waals surface area contributed by atoms with Crippen LogP contribution in [0.4, 0.5) is 5.69 Å². The average molecular weight is 448 g/mol. The highest BCUT2D eigenvalue weighted by atomic mass is 35.5. The Morgan fingerprint density at radius 1 is 1.07 bits per heavy atom. The third-order valence-electron chi connectivity index (χ3n) is 5.49. The van der Waals surface area contributed by atoms with Crippen molar-refractivity contribution in [3.63, 3.8) is 0 Å². The molecule has 2 aromatic heterocycles. The van der Waals surface area contributed by atoms with Gasteiger partial charge in [0.2, 0.25) is 0 Å². The van der Waals surface area contributed by atoms with Gasteiger partial charge < -0.3 is 9.32 Å². The number of aromatic amines is 1. The lowest BCUT2D eigenvalue weighted by molar-refractivity contribution is 0.261. The molecule has 3 heterocycles. The first kappa shape index (κ1) is 19.0. The normalized spacial score (nSPS) is 15.6. The monoisotopic (exact) mass is 447 g/mol. The molecule has 0 atom stereocenters. The molecule has 1 fully saturated rings. The average Bonchev–Trinajstić information content (AvgIpc) is 3.28. The molecule has 4 aromatic rings. The molecule has 1 aliphatic heterocycles. The number of H-pyrrole nitrogens is 1. The predicted molar refractivity (Wildman–Crippen MR) is 121 cm³/mol. The van der Waals surface area contributed by atoms with Crippen molar-refractivity contribution in [1.29, 1.82) is 0 Å². The van der Waals surface area contributed by atoms with Gasteiger partial charge in [-0.3, -0.25) is 9.88 Å². The SMILES string of the molecule is O=c1[nH]c2cc(Cl)cc(N3CCN(CCc4csc5ccc(Cl)cc45)CC3)c2o1. The van der Waals surface area contributed by atoms with Crippen molar-refractivity contribution in [2.75, 3.05) is 37.6 Å². The van der Waals surface area contributed by atoms with Crippen molar-refractivity contribution in [2.45, 2.75) is 6.42 Å². The van der Waals surface area contributed by atoms with Crippen molar-refractivity contribution in [1.82, 2.24) is 9.88 Å². The number of piperazine rings is 1. The molecule has 0 spiro atoms. The minimum absolute atomic E-state index is 0.453. The summed E-state index contributed by atoms with van der Waals surface area (Å²) in [5.41, 5.74) is 3.46. The summed E-state index contributed by atoms with van der Waals surface area (Å²) in [6, 6.07) is 9.70. The van der Waals surface area contributed by atoms with Gasteiger partial charge in [0.1, 0.15) is 0 Å². The summed E-state index contributed by atoms with van der Waals surface area (Å²) in [5, 5.41) is 4.89. The summed E-state index contributed by atoms with van der Waals surface area (Å²) in [5.74, 6) is -0.453. The second kappa shape index (κ2) is 7.69. The van der Waals surface area contributed by atoms with Crippen LogP contribution in [0.2, 0.25) is 10.0 Å². The maximum atomic E-state index is 11.6. The first-order valence-corrected chi connectivity index (χ1v) is 11.2. The van der Waals surface area contributed by atoms with E-state index in [1.54, 1.807) is 17.4 Å². The second-order valence-corrected chi connectivity index (χ2v) is 9.08. The first-order valence-electron chi connectivity index (χ1n) is 9.52. The fraction of sp³-hybridized carbons (Fsp3) is 0.286. The van der Waals surface area contributed by atoms with Crippen molar-refractivity contribution >= 4 is 61.4 Å². The number of nitrogens with one attached hydrogen (secondary N) is 1. The number of nitrogens with zero attached hydrogens (tertiary/aromatic N) is 2. The van der Waals surface area contributed by atoms with Gasteiger partial charge in [-0.1, -0.05) is 23.2 Å². The third kappa shape index (κ3) is 3.78. The summed E-state index contributed by atoms with van der Waals surface area (Å²) in [7, 11) is 0. The number of fused-ring (bicyclic) bond motifs is 2. The number of hydrogen-bond donors (Lipinski definition) is 1. The molecule has 0 saturated carbocycles. The molecule has 0 aliphatic carbocycles. The van der Waals surface area contributed by atoms with Gasteiger partial charge in [0.05, 0.1) is 11.2 Å². The van der Waals surface area contributed by atoms with Gasteiger partial charge in [0.15, 0.2) is 5.58 Å². The number of halogens is 2. The van der Waals surface area contributed by atoms with Crippen LogP contribution in [0, 0.1) is 0 Å². The molecule has 5 nitrogen and oxygen atoms in total. The van der Waals surface area contributed by atoms with Gasteiger partial charge in [0.25, 0.3) is 0 Å². The quantitative estimate of drug-likeness (QED) is 0.477. The molecule has 29 heavy (non-hydrogen) atoms. The molecule has 0 unspecified atom stereocenters. The molecular weight excluding hydrogens is 429 g/mol. The summed E-state index contributed by atoms with van der Waals surface area (Å²) in [6.45, 7) is 4.63. The lowest BCUT2D eigenvalue weighted by atomic mass is 10.1. The Labute approximate surface area is 181 Å². The second-order valence-electron chi connectivity index (χ2n) is 7.30. The highest BCUT2D eigenvalue weighted by Gasteiger charge is 2.21. The Morgan fingerprint density at radius 3 is 2.72 bits per heavy atom. The van der Waals surface area contributed by atoms with Crippen LogP contribution in [0.5, 0.6) is 0 Å². The molecule has 0 radical (unpaired) electrons. The predicted octanol–water partition coefficient (Wildman–Crippen LogP) is 5.01. The molecule has 8 heteroatoms. The first-order chi connectivity index (χ1) is 14.1. The van der Waals surface area contributed by atoms with Crippen molar-refractivity contribution in [3.05, 3.63) is 61.9 Å². The van der Waals surface area contributed by atoms with Crippen molar-refractivity contribution in [3.8, 4) is 0 Å². The van der Waals surface area contributed by atoms with E-state index in [4.69, 9.17) is 27.6 Å². The summed E-state index contributed by atoms with van der Waals surface area (Å²) >= 11 is 14.2. The molecular formula is C21H19Cl2N3O2S. The van der Waals surface area contributed by atoms with E-state index in [9.17, 15) is 4.79 Å². The van der Waals surface area contributed by atoms with Gasteiger partial charge in [0, 0.05) is 47.5 Å². The fourth-order valence-electron chi connectivity index (χ4n) is 3.98. The van der Waals surface area contributed by atoms with E-state index >= 15 is 0 Å². The summed E-state index contributed by atoms with van der Waals surface area (Å²) in [4.78, 5) is 19.0. The molecule has 1 saturated heterocycles. The zero-order valence-corrected chi connectivity index (χ0v) is 17.9. The molecule has 0 bridgehead atoms. The smallest absolute Gasteiger partial charge is 0.406 e. The number of benzene rings is 2. The number of thiophene rings is 1. The third-order valence-corrected chi connectivity index (χ3v) is 6.96. The van der Waals surface area contributed by atoms with Crippen LogP contribution < -0.4 is 10.7 Å². The molecule has 2 aromatic carbocycles. The zero-order chi connectivity index (χ0) is 20.0. The summed E-state index contributed by atoms with van der Waals surface area (Å²) < 4.78 is 6.63. The maximum absolute atomic E-state index is 11.6. The molecule has 5 rings (SSSR count). The van der Waals surface area contributed by atoms with E-state index in [0.29, 0.717) is 16.1 Å². The van der Waals surface area contributed by atoms with Gasteiger partial charge in [-0.25, -0.2) is 4.79 Å². The van der Waals surface area contributed by atoms with E-state index in [1.807, 2.05) is 12.1 Å². The van der Waals surface area contributed by atoms with E-state index in [2.05, 4.69) is 32.3 Å². The maximum Gasteiger partial charge on any atom is 0.417 e. The van der Waals surface area contributed by atoms with Gasteiger partial charge in [-0.15, -0.1) is 11.3 Å². The lowest BCUT2D eigenvalue weighted by Gasteiger charge is -2.36. The fourth-order valence-corrected chi connectivity index (χ4v) is 5.34. The van der Waals surface area contributed by atoms with Crippen LogP contribution >= 0.6 is 34.5 Å². The number of rotatable bonds is 4. The topological polar surface area (TPSA) is 52.5 Å². The Hall–Kier alpha value is -1.99. The van der Waals surface area contributed by atoms with Gasteiger partial charge in [-0.2, -0.15) is 0 Å². The van der Waals surface area contributed by atoms with E-state index in [0.717, 1.165) is 49.9 Å². The van der Waals surface area contributed by atoms with Gasteiger partial charge >= 0.3 is 5.76 Å². The molecule has 1 aliphatic rings. The Balaban J connectivity index is 1.26. The van der Waals surface area contributed by atoms with Crippen LogP contribution in [0.3, 0.4) is 0 Å². The van der Waals surface area contributed by atoms with Crippen molar-refractivity contribution < 1.29 is 4.42 Å². The molecule has 1 N–H and O–H groups in total. The highest BCUT2D eigenvalue weighted by Crippen LogP contribution is 2.31. The van der Waals surface area contributed by atoms with E-state index in [1.165, 1.54) is 15.6 Å². The Morgan fingerprint density at radius 2 is 1.90 bits per heavy atom. The van der Waals surface area contributed by atoms with Crippen LogP contribution in [0.15, 0.2) is 44.9 Å². The van der Waals surface area contributed by atoms with E-state index < -0.39 is 5.76 Å². The zero-order valence-electron chi connectivity index (χ0n) is 15.6. The minimum Gasteiger partial charge on any atom is -0.406 e. The van der Waals surface area contributed by atoms with Crippen molar-refractivity contribution in [2.24, 2.45) is 0 Å². The number of anilines is 1. The van der Waals surface area contributed by atoms with Crippen LogP contribution in [0.25, 0.3) is 21.2 Å². The molecule has 0 amide bonds. The number of hydrogen-bond acceptors (Lipinski definition) is 5. The lowest BCUT2D eigenvalue weighted by Crippen LogP contribution is -2.47. The van der Waals surface area contributed by atoms with Crippen LogP contribution in [0.1, 0.15) is 5.56 Å². The minimum atomic E-state index is -0.453. The van der Waals surface area contributed by atoms with Crippen LogP contribution in [-0.4, -0.2) is 42.6 Å². The Kier molecular flexibility index (Phi) is 5.04. The molecule has 150 valence electrons. The highest BCUT2D eigenvalue weighted by molar-refractivity contribution is 7.17.